The Kier molecular flexibility index (Phi) is 6.52. The second-order valence-corrected chi connectivity index (χ2v) is 8.33. The van der Waals surface area contributed by atoms with Gasteiger partial charge in [-0.1, -0.05) is 81.9 Å². The number of rotatable bonds is 4. The van der Waals surface area contributed by atoms with Crippen LogP contribution in [0.15, 0.2) is 60.7 Å². The van der Waals surface area contributed by atoms with Crippen LogP contribution in [0.3, 0.4) is 0 Å². The Labute approximate surface area is 171 Å². The van der Waals surface area contributed by atoms with E-state index in [1.165, 1.54) is 33.4 Å². The SMILES string of the molecule is C.Cc1cc(-c2ccccc2C(C)(C)O)c(C)cc1-c1ccccc1C(C)C. The Bertz CT molecular complexity index is 958. The molecule has 0 bridgehead atoms. The molecule has 3 rings (SSSR count). The van der Waals surface area contributed by atoms with Crippen LogP contribution in [0, 0.1) is 13.8 Å². The summed E-state index contributed by atoms with van der Waals surface area (Å²) in [6.45, 7) is 12.5. The molecular weight excluding hydrogens is 340 g/mol. The van der Waals surface area contributed by atoms with Crippen molar-refractivity contribution >= 4 is 0 Å². The third kappa shape index (κ3) is 4.20. The average Bonchev–Trinajstić information content (AvgIpc) is 2.62. The van der Waals surface area contributed by atoms with Gasteiger partial charge in [-0.25, -0.2) is 0 Å². The van der Waals surface area contributed by atoms with Gasteiger partial charge in [0, 0.05) is 0 Å². The first-order chi connectivity index (χ1) is 12.7. The summed E-state index contributed by atoms with van der Waals surface area (Å²) in [4.78, 5) is 0. The summed E-state index contributed by atoms with van der Waals surface area (Å²) in [6, 6.07) is 21.4. The minimum Gasteiger partial charge on any atom is -0.386 e. The molecule has 3 aromatic carbocycles. The summed E-state index contributed by atoms with van der Waals surface area (Å²) in [7, 11) is 0. The lowest BCUT2D eigenvalue weighted by Gasteiger charge is -2.23. The molecule has 0 aliphatic carbocycles. The molecule has 0 aliphatic rings. The van der Waals surface area contributed by atoms with Gasteiger partial charge in [-0.3, -0.25) is 0 Å². The molecule has 0 radical (unpaired) electrons. The third-order valence-corrected chi connectivity index (χ3v) is 5.32. The Morgan fingerprint density at radius 3 is 1.71 bits per heavy atom. The van der Waals surface area contributed by atoms with Gasteiger partial charge in [0.15, 0.2) is 0 Å². The van der Waals surface area contributed by atoms with Gasteiger partial charge in [0.25, 0.3) is 0 Å². The minimum absolute atomic E-state index is 0. The van der Waals surface area contributed by atoms with Crippen LogP contribution < -0.4 is 0 Å². The Morgan fingerprint density at radius 1 is 0.714 bits per heavy atom. The lowest BCUT2D eigenvalue weighted by atomic mass is 9.84. The van der Waals surface area contributed by atoms with Crippen LogP contribution in [0.2, 0.25) is 0 Å². The van der Waals surface area contributed by atoms with E-state index in [1.54, 1.807) is 0 Å². The first-order valence-corrected chi connectivity index (χ1v) is 9.73. The van der Waals surface area contributed by atoms with E-state index in [1.807, 2.05) is 32.0 Å². The van der Waals surface area contributed by atoms with Gasteiger partial charge in [-0.15, -0.1) is 0 Å². The molecule has 0 fully saturated rings. The zero-order valence-electron chi connectivity index (χ0n) is 17.3. The van der Waals surface area contributed by atoms with E-state index in [-0.39, 0.29) is 7.43 Å². The molecule has 148 valence electrons. The van der Waals surface area contributed by atoms with Crippen molar-refractivity contribution in [3.63, 3.8) is 0 Å². The molecule has 0 unspecified atom stereocenters. The number of aryl methyl sites for hydroxylation is 2. The summed E-state index contributed by atoms with van der Waals surface area (Å²) in [5.74, 6) is 0.483. The van der Waals surface area contributed by atoms with Crippen LogP contribution in [0.1, 0.15) is 63.3 Å². The highest BCUT2D eigenvalue weighted by Gasteiger charge is 2.21. The zero-order chi connectivity index (χ0) is 19.8. The van der Waals surface area contributed by atoms with E-state index in [4.69, 9.17) is 0 Å². The number of hydrogen-bond donors (Lipinski definition) is 1. The summed E-state index contributed by atoms with van der Waals surface area (Å²) in [5, 5.41) is 10.6. The quantitative estimate of drug-likeness (QED) is 0.498. The van der Waals surface area contributed by atoms with Crippen LogP contribution in [-0.4, -0.2) is 5.11 Å². The fourth-order valence-corrected chi connectivity index (χ4v) is 3.89. The van der Waals surface area contributed by atoms with Gasteiger partial charge >= 0.3 is 0 Å². The first-order valence-electron chi connectivity index (χ1n) is 9.73. The molecule has 1 N–H and O–H groups in total. The van der Waals surface area contributed by atoms with Crippen LogP contribution in [0.4, 0.5) is 0 Å². The van der Waals surface area contributed by atoms with Crippen molar-refractivity contribution in [1.82, 2.24) is 0 Å². The molecule has 1 nitrogen and oxygen atoms in total. The van der Waals surface area contributed by atoms with Crippen molar-refractivity contribution in [3.05, 3.63) is 82.9 Å². The molecule has 0 aromatic heterocycles. The highest BCUT2D eigenvalue weighted by Crippen LogP contribution is 2.38. The summed E-state index contributed by atoms with van der Waals surface area (Å²) in [5.41, 5.74) is 8.86. The van der Waals surface area contributed by atoms with E-state index in [0.717, 1.165) is 11.1 Å². The molecule has 0 amide bonds. The van der Waals surface area contributed by atoms with E-state index in [9.17, 15) is 5.11 Å². The average molecular weight is 375 g/mol. The summed E-state index contributed by atoms with van der Waals surface area (Å²) in [6.07, 6.45) is 0. The van der Waals surface area contributed by atoms with Crippen molar-refractivity contribution in [2.45, 2.75) is 60.5 Å². The lowest BCUT2D eigenvalue weighted by Crippen LogP contribution is -2.16. The van der Waals surface area contributed by atoms with Crippen molar-refractivity contribution in [1.29, 1.82) is 0 Å². The normalized spacial score (nSPS) is 11.4. The highest BCUT2D eigenvalue weighted by atomic mass is 16.3. The van der Waals surface area contributed by atoms with E-state index in [0.29, 0.717) is 5.92 Å². The molecule has 3 aromatic rings. The molecule has 0 aliphatic heterocycles. The minimum atomic E-state index is -0.875. The molecule has 0 saturated carbocycles. The number of hydrogen-bond acceptors (Lipinski definition) is 1. The third-order valence-electron chi connectivity index (χ3n) is 5.32. The van der Waals surface area contributed by atoms with Gasteiger partial charge < -0.3 is 5.11 Å². The first kappa shape index (κ1) is 21.9. The summed E-state index contributed by atoms with van der Waals surface area (Å²) >= 11 is 0. The predicted octanol–water partition coefficient (Wildman–Crippen LogP) is 7.62. The van der Waals surface area contributed by atoms with Crippen molar-refractivity contribution in [2.24, 2.45) is 0 Å². The molecular formula is C27H34O. The van der Waals surface area contributed by atoms with Gasteiger partial charge in [0.1, 0.15) is 0 Å². The van der Waals surface area contributed by atoms with Crippen LogP contribution >= 0.6 is 0 Å². The predicted molar refractivity (Wildman–Crippen MR) is 123 cm³/mol. The fourth-order valence-electron chi connectivity index (χ4n) is 3.89. The molecule has 1 heteroatoms. The molecule has 0 spiro atoms. The van der Waals surface area contributed by atoms with Crippen LogP contribution in [0.25, 0.3) is 22.3 Å². The standard InChI is InChI=1S/C26H30O.CH4/c1-17(2)20-11-7-8-12-21(20)23-15-19(4)24(16-18(23)3)22-13-9-10-14-25(22)26(5,6)27;/h7-17,27H,1-6H3;1H4. The maximum atomic E-state index is 10.6. The van der Waals surface area contributed by atoms with Crippen LogP contribution in [0.5, 0.6) is 0 Å². The maximum absolute atomic E-state index is 10.6. The monoisotopic (exact) mass is 374 g/mol. The van der Waals surface area contributed by atoms with E-state index in [2.05, 4.69) is 70.2 Å². The zero-order valence-corrected chi connectivity index (χ0v) is 17.3. The highest BCUT2D eigenvalue weighted by molar-refractivity contribution is 5.79. The van der Waals surface area contributed by atoms with Gasteiger partial charge in [0.05, 0.1) is 5.60 Å². The number of aliphatic hydroxyl groups is 1. The van der Waals surface area contributed by atoms with Crippen molar-refractivity contribution < 1.29 is 5.11 Å². The second kappa shape index (κ2) is 8.32. The molecule has 0 atom stereocenters. The molecule has 28 heavy (non-hydrogen) atoms. The molecule has 0 saturated heterocycles. The maximum Gasteiger partial charge on any atom is 0.0846 e. The Balaban J connectivity index is 0.00000280. The topological polar surface area (TPSA) is 20.2 Å². The Hall–Kier alpha value is -2.38. The fraction of sp³-hybridized carbons (Fsp3) is 0.333. The van der Waals surface area contributed by atoms with Gasteiger partial charge in [-0.05, 0) is 78.1 Å². The smallest absolute Gasteiger partial charge is 0.0846 e. The molecule has 0 heterocycles. The second-order valence-electron chi connectivity index (χ2n) is 8.33. The van der Waals surface area contributed by atoms with Crippen molar-refractivity contribution in [3.8, 4) is 22.3 Å². The number of benzene rings is 3. The van der Waals surface area contributed by atoms with Crippen molar-refractivity contribution in [2.75, 3.05) is 0 Å². The summed E-state index contributed by atoms with van der Waals surface area (Å²) < 4.78 is 0. The lowest BCUT2D eigenvalue weighted by molar-refractivity contribution is 0.0792. The van der Waals surface area contributed by atoms with E-state index >= 15 is 0 Å². The largest absolute Gasteiger partial charge is 0.386 e. The van der Waals surface area contributed by atoms with Crippen LogP contribution in [-0.2, 0) is 5.60 Å². The van der Waals surface area contributed by atoms with Gasteiger partial charge in [-0.2, -0.15) is 0 Å². The Morgan fingerprint density at radius 2 is 1.18 bits per heavy atom. The van der Waals surface area contributed by atoms with Gasteiger partial charge in [0.2, 0.25) is 0 Å². The van der Waals surface area contributed by atoms with E-state index < -0.39 is 5.60 Å².